The maximum atomic E-state index is 10.6. The standard InChI is InChI=1S/C16H20N2OS/c19-15(11-4-2-1-3-5-11)8-13-12-6-7-20-16(12)14-9-17-10-18(13)14/h6-7,9-11,13,15,19H,1-5,8H2/t13-,15-/m0/s1. The number of fused-ring (bicyclic) bond motifs is 3. The van der Waals surface area contributed by atoms with Crippen LogP contribution in [-0.4, -0.2) is 20.8 Å². The molecule has 106 valence electrons. The first-order valence-electron chi connectivity index (χ1n) is 7.62. The molecule has 0 aromatic carbocycles. The lowest BCUT2D eigenvalue weighted by atomic mass is 9.82. The molecule has 1 fully saturated rings. The lowest BCUT2D eigenvalue weighted by Crippen LogP contribution is -2.26. The van der Waals surface area contributed by atoms with Crippen LogP contribution in [0.5, 0.6) is 0 Å². The minimum atomic E-state index is -0.179. The summed E-state index contributed by atoms with van der Waals surface area (Å²) in [7, 11) is 0. The van der Waals surface area contributed by atoms with Crippen molar-refractivity contribution in [2.45, 2.75) is 50.7 Å². The third-order valence-corrected chi connectivity index (χ3v) is 5.90. The largest absolute Gasteiger partial charge is 0.393 e. The van der Waals surface area contributed by atoms with Crippen molar-refractivity contribution in [2.24, 2.45) is 5.92 Å². The van der Waals surface area contributed by atoms with E-state index in [0.717, 1.165) is 6.42 Å². The molecule has 2 aliphatic rings. The predicted octanol–water partition coefficient (Wildman–Crippen LogP) is 3.85. The molecular formula is C16H20N2OS. The van der Waals surface area contributed by atoms with Gasteiger partial charge in [0.15, 0.2) is 0 Å². The summed E-state index contributed by atoms with van der Waals surface area (Å²) >= 11 is 1.78. The predicted molar refractivity (Wildman–Crippen MR) is 80.9 cm³/mol. The van der Waals surface area contributed by atoms with Gasteiger partial charge in [0.1, 0.15) is 0 Å². The topological polar surface area (TPSA) is 38.1 Å². The van der Waals surface area contributed by atoms with Crippen LogP contribution in [0.25, 0.3) is 10.6 Å². The van der Waals surface area contributed by atoms with Crippen LogP contribution in [0.1, 0.15) is 50.1 Å². The van der Waals surface area contributed by atoms with Gasteiger partial charge in [-0.25, -0.2) is 4.98 Å². The Kier molecular flexibility index (Phi) is 3.15. The first-order chi connectivity index (χ1) is 9.84. The highest BCUT2D eigenvalue weighted by Gasteiger charge is 2.33. The summed E-state index contributed by atoms with van der Waals surface area (Å²) in [5.41, 5.74) is 2.60. The zero-order valence-corrected chi connectivity index (χ0v) is 12.4. The molecule has 0 bridgehead atoms. The van der Waals surface area contributed by atoms with Crippen LogP contribution in [-0.2, 0) is 0 Å². The molecule has 4 heteroatoms. The summed E-state index contributed by atoms with van der Waals surface area (Å²) in [6, 6.07) is 2.50. The van der Waals surface area contributed by atoms with E-state index < -0.39 is 0 Å². The molecule has 0 spiro atoms. The lowest BCUT2D eigenvalue weighted by molar-refractivity contribution is 0.0687. The molecular weight excluding hydrogens is 268 g/mol. The molecule has 1 aliphatic carbocycles. The van der Waals surface area contributed by atoms with Crippen molar-refractivity contribution in [2.75, 3.05) is 0 Å². The van der Waals surface area contributed by atoms with Gasteiger partial charge in [-0.1, -0.05) is 19.3 Å². The fourth-order valence-corrected chi connectivity index (χ4v) is 4.82. The van der Waals surface area contributed by atoms with Gasteiger partial charge in [0, 0.05) is 0 Å². The summed E-state index contributed by atoms with van der Waals surface area (Å²) in [5.74, 6) is 0.499. The number of thiophene rings is 1. The second kappa shape index (κ2) is 5.01. The van der Waals surface area contributed by atoms with Crippen molar-refractivity contribution in [3.63, 3.8) is 0 Å². The fourth-order valence-electron chi connectivity index (χ4n) is 3.85. The molecule has 1 saturated carbocycles. The number of aromatic nitrogens is 2. The highest BCUT2D eigenvalue weighted by Crippen LogP contribution is 2.45. The number of aliphatic hydroxyl groups excluding tert-OH is 1. The highest BCUT2D eigenvalue weighted by molar-refractivity contribution is 7.13. The second-order valence-electron chi connectivity index (χ2n) is 6.11. The maximum absolute atomic E-state index is 10.6. The SMILES string of the molecule is O[C@@H](C[C@H]1c2ccsc2-c2cncn21)C1CCCCC1. The van der Waals surface area contributed by atoms with Gasteiger partial charge in [0.05, 0.1) is 35.2 Å². The second-order valence-corrected chi connectivity index (χ2v) is 7.02. The Morgan fingerprint density at radius 1 is 1.35 bits per heavy atom. The Bertz CT molecular complexity index is 557. The quantitative estimate of drug-likeness (QED) is 0.931. The summed E-state index contributed by atoms with van der Waals surface area (Å²) in [4.78, 5) is 5.62. The molecule has 0 saturated heterocycles. The van der Waals surface area contributed by atoms with E-state index in [4.69, 9.17) is 0 Å². The number of aliphatic hydroxyl groups is 1. The van der Waals surface area contributed by atoms with Crippen molar-refractivity contribution in [3.8, 4) is 10.6 Å². The molecule has 0 radical (unpaired) electrons. The summed E-state index contributed by atoms with van der Waals surface area (Å²) in [6.07, 6.45) is 10.8. The number of imidazole rings is 1. The average molecular weight is 288 g/mol. The number of rotatable bonds is 3. The molecule has 1 aliphatic heterocycles. The van der Waals surface area contributed by atoms with Crippen molar-refractivity contribution in [1.29, 1.82) is 0 Å². The third-order valence-electron chi connectivity index (χ3n) is 4.95. The van der Waals surface area contributed by atoms with Crippen LogP contribution in [0.2, 0.25) is 0 Å². The zero-order valence-electron chi connectivity index (χ0n) is 11.5. The minimum absolute atomic E-state index is 0.179. The third kappa shape index (κ3) is 1.93. The van der Waals surface area contributed by atoms with E-state index >= 15 is 0 Å². The molecule has 3 heterocycles. The average Bonchev–Trinajstić information content (AvgIpc) is 3.16. The Morgan fingerprint density at radius 2 is 2.20 bits per heavy atom. The van der Waals surface area contributed by atoms with Gasteiger partial charge in [-0.3, -0.25) is 0 Å². The minimum Gasteiger partial charge on any atom is -0.393 e. The fraction of sp³-hybridized carbons (Fsp3) is 0.562. The van der Waals surface area contributed by atoms with E-state index in [2.05, 4.69) is 21.0 Å². The van der Waals surface area contributed by atoms with Gasteiger partial charge < -0.3 is 9.67 Å². The molecule has 1 N–H and O–H groups in total. The van der Waals surface area contributed by atoms with E-state index in [1.165, 1.54) is 48.2 Å². The van der Waals surface area contributed by atoms with Gasteiger partial charge in [-0.05, 0) is 42.2 Å². The van der Waals surface area contributed by atoms with E-state index in [9.17, 15) is 5.11 Å². The van der Waals surface area contributed by atoms with Gasteiger partial charge >= 0.3 is 0 Å². The molecule has 2 atom stereocenters. The van der Waals surface area contributed by atoms with Crippen molar-refractivity contribution < 1.29 is 5.11 Å². The zero-order chi connectivity index (χ0) is 13.5. The first kappa shape index (κ1) is 12.6. The molecule has 3 nitrogen and oxygen atoms in total. The summed E-state index contributed by atoms with van der Waals surface area (Å²) < 4.78 is 2.24. The molecule has 0 amide bonds. The Balaban J connectivity index is 1.57. The highest BCUT2D eigenvalue weighted by atomic mass is 32.1. The summed E-state index contributed by atoms with van der Waals surface area (Å²) in [6.45, 7) is 0. The van der Waals surface area contributed by atoms with Crippen LogP contribution in [0, 0.1) is 5.92 Å². The molecule has 0 unspecified atom stereocenters. The van der Waals surface area contributed by atoms with Crippen LogP contribution < -0.4 is 0 Å². The summed E-state index contributed by atoms with van der Waals surface area (Å²) in [5, 5.41) is 12.8. The van der Waals surface area contributed by atoms with E-state index in [1.807, 2.05) is 12.5 Å². The Morgan fingerprint density at radius 3 is 3.05 bits per heavy atom. The van der Waals surface area contributed by atoms with E-state index in [1.54, 1.807) is 11.3 Å². The smallest absolute Gasteiger partial charge is 0.0957 e. The van der Waals surface area contributed by atoms with Crippen molar-refractivity contribution in [1.82, 2.24) is 9.55 Å². The van der Waals surface area contributed by atoms with Crippen LogP contribution in [0.15, 0.2) is 24.0 Å². The van der Waals surface area contributed by atoms with Crippen molar-refractivity contribution >= 4 is 11.3 Å². The van der Waals surface area contributed by atoms with Gasteiger partial charge in [-0.2, -0.15) is 0 Å². The lowest BCUT2D eigenvalue weighted by Gasteiger charge is -2.28. The Hall–Kier alpha value is -1.13. The van der Waals surface area contributed by atoms with Gasteiger partial charge in [0.25, 0.3) is 0 Å². The maximum Gasteiger partial charge on any atom is 0.0957 e. The van der Waals surface area contributed by atoms with Gasteiger partial charge in [-0.15, -0.1) is 11.3 Å². The van der Waals surface area contributed by atoms with Gasteiger partial charge in [0.2, 0.25) is 0 Å². The number of hydrogen-bond acceptors (Lipinski definition) is 3. The normalized spacial score (nSPS) is 23.6. The van der Waals surface area contributed by atoms with E-state index in [0.29, 0.717) is 5.92 Å². The van der Waals surface area contributed by atoms with Crippen molar-refractivity contribution in [3.05, 3.63) is 29.5 Å². The number of nitrogens with zero attached hydrogens (tertiary/aromatic N) is 2. The van der Waals surface area contributed by atoms with Crippen LogP contribution >= 0.6 is 11.3 Å². The molecule has 20 heavy (non-hydrogen) atoms. The first-order valence-corrected chi connectivity index (χ1v) is 8.50. The van der Waals surface area contributed by atoms with Crippen LogP contribution in [0.3, 0.4) is 0 Å². The molecule has 2 aromatic rings. The monoisotopic (exact) mass is 288 g/mol. The van der Waals surface area contributed by atoms with Crippen LogP contribution in [0.4, 0.5) is 0 Å². The van der Waals surface area contributed by atoms with E-state index in [-0.39, 0.29) is 12.1 Å². The molecule has 4 rings (SSSR count). The number of hydrogen-bond donors (Lipinski definition) is 1. The molecule has 2 aromatic heterocycles. The Labute approximate surface area is 123 Å².